The van der Waals surface area contributed by atoms with Crippen molar-refractivity contribution in [3.8, 4) is 0 Å². The van der Waals surface area contributed by atoms with E-state index >= 15 is 0 Å². The average Bonchev–Trinajstić information content (AvgIpc) is 3.99. The van der Waals surface area contributed by atoms with E-state index in [4.69, 9.17) is 4.74 Å². The van der Waals surface area contributed by atoms with Crippen LogP contribution in [0.4, 0.5) is 0 Å². The third-order valence-electron chi connectivity index (χ3n) is 12.5. The Balaban J connectivity index is 1.37. The van der Waals surface area contributed by atoms with Gasteiger partial charge in [-0.3, -0.25) is 28.9 Å². The first-order valence-electron chi connectivity index (χ1n) is 23.4. The lowest BCUT2D eigenvalue weighted by Crippen LogP contribution is -2.49. The number of Topliss-reactive ketones (excluding diaryl/α,β-unsaturated/α-hetero) is 3. The molecule has 2 fully saturated rings. The number of ketones is 3. The molecule has 2 unspecified atom stereocenters. The molecule has 1 aliphatic heterocycles. The molecule has 4 rings (SSSR count). The van der Waals surface area contributed by atoms with Crippen LogP contribution in [0.15, 0.2) is 60.7 Å². The molecule has 1 saturated heterocycles. The van der Waals surface area contributed by atoms with Crippen LogP contribution in [0.1, 0.15) is 142 Å². The number of amides is 2. The van der Waals surface area contributed by atoms with Crippen LogP contribution in [-0.4, -0.2) is 79.0 Å². The molecule has 2 N–H and O–H groups in total. The van der Waals surface area contributed by atoms with Gasteiger partial charge in [0.25, 0.3) is 0 Å². The SMILES string of the molecule is CC(C)CC(NC(=O)[C@H](CCc1ccccc1)CC(=O)CCCCCCCCCN1CCOCC1)C(=O)C[C@@H](Cc1ccccc1)C(=O)NC(CC(C)C)C(=O)C1(C)CC1. The zero-order chi connectivity index (χ0) is 43.3. The molecule has 1 aliphatic carbocycles. The third-order valence-corrected chi connectivity index (χ3v) is 12.5. The van der Waals surface area contributed by atoms with Crippen LogP contribution in [0, 0.1) is 29.1 Å². The lowest BCUT2D eigenvalue weighted by molar-refractivity contribution is -0.135. The maximum atomic E-state index is 14.3. The second kappa shape index (κ2) is 25.9. The number of carbonyl (C=O) groups is 5. The molecule has 1 saturated carbocycles. The number of rotatable bonds is 30. The molecule has 0 aromatic heterocycles. The first-order valence-corrected chi connectivity index (χ1v) is 23.4. The van der Waals surface area contributed by atoms with Crippen molar-refractivity contribution in [3.63, 3.8) is 0 Å². The van der Waals surface area contributed by atoms with Crippen molar-refractivity contribution in [2.45, 2.75) is 156 Å². The first-order chi connectivity index (χ1) is 28.8. The number of nitrogens with one attached hydrogen (secondary N) is 2. The van der Waals surface area contributed by atoms with Gasteiger partial charge in [-0.1, -0.05) is 127 Å². The number of benzene rings is 2. The van der Waals surface area contributed by atoms with Crippen LogP contribution < -0.4 is 10.6 Å². The topological polar surface area (TPSA) is 122 Å². The van der Waals surface area contributed by atoms with Gasteiger partial charge in [-0.05, 0) is 87.3 Å². The Hall–Kier alpha value is -3.69. The maximum Gasteiger partial charge on any atom is 0.224 e. The van der Waals surface area contributed by atoms with Crippen molar-refractivity contribution in [1.82, 2.24) is 15.5 Å². The lowest BCUT2D eigenvalue weighted by Gasteiger charge is -2.27. The highest BCUT2D eigenvalue weighted by Gasteiger charge is 2.48. The summed E-state index contributed by atoms with van der Waals surface area (Å²) in [5.74, 6) is -1.61. The van der Waals surface area contributed by atoms with Gasteiger partial charge in [-0.15, -0.1) is 0 Å². The van der Waals surface area contributed by atoms with E-state index in [9.17, 15) is 24.0 Å². The quantitative estimate of drug-likeness (QED) is 0.0755. The number of morpholine rings is 1. The molecule has 0 radical (unpaired) electrons. The van der Waals surface area contributed by atoms with E-state index in [-0.39, 0.29) is 53.8 Å². The van der Waals surface area contributed by atoms with Crippen molar-refractivity contribution >= 4 is 29.2 Å². The summed E-state index contributed by atoms with van der Waals surface area (Å²) in [4.78, 5) is 72.1. The van der Waals surface area contributed by atoms with Gasteiger partial charge >= 0.3 is 0 Å². The smallest absolute Gasteiger partial charge is 0.224 e. The molecular weight excluding hydrogens is 751 g/mol. The average molecular weight is 828 g/mol. The van der Waals surface area contributed by atoms with Gasteiger partial charge in [0, 0.05) is 49.6 Å². The van der Waals surface area contributed by atoms with E-state index in [0.717, 1.165) is 76.1 Å². The summed E-state index contributed by atoms with van der Waals surface area (Å²) >= 11 is 0. The van der Waals surface area contributed by atoms with E-state index in [1.807, 2.05) is 95.3 Å². The summed E-state index contributed by atoms with van der Waals surface area (Å²) in [7, 11) is 0. The van der Waals surface area contributed by atoms with Gasteiger partial charge in [0.15, 0.2) is 11.6 Å². The minimum absolute atomic E-state index is 0.0697. The van der Waals surface area contributed by atoms with E-state index in [0.29, 0.717) is 38.5 Å². The summed E-state index contributed by atoms with van der Waals surface area (Å²) < 4.78 is 5.44. The Morgan fingerprint density at radius 3 is 1.80 bits per heavy atom. The Morgan fingerprint density at radius 1 is 0.667 bits per heavy atom. The lowest BCUT2D eigenvalue weighted by atomic mass is 9.87. The van der Waals surface area contributed by atoms with Crippen molar-refractivity contribution in [2.24, 2.45) is 29.1 Å². The van der Waals surface area contributed by atoms with Gasteiger partial charge in [-0.25, -0.2) is 0 Å². The first kappa shape index (κ1) is 49.0. The molecular formula is C51H77N3O6. The number of nitrogens with zero attached hydrogens (tertiary/aromatic N) is 1. The van der Waals surface area contributed by atoms with Gasteiger partial charge in [0.05, 0.1) is 25.3 Å². The molecule has 0 spiro atoms. The van der Waals surface area contributed by atoms with Crippen LogP contribution in [0.2, 0.25) is 0 Å². The molecule has 2 amide bonds. The van der Waals surface area contributed by atoms with Crippen LogP contribution in [0.25, 0.3) is 0 Å². The number of aryl methyl sites for hydroxylation is 1. The van der Waals surface area contributed by atoms with E-state index in [1.54, 1.807) is 0 Å². The number of hydrogen-bond acceptors (Lipinski definition) is 7. The fraction of sp³-hybridized carbons (Fsp3) is 0.667. The molecule has 0 bridgehead atoms. The van der Waals surface area contributed by atoms with Gasteiger partial charge in [0.1, 0.15) is 5.78 Å². The highest BCUT2D eigenvalue weighted by molar-refractivity contribution is 5.97. The van der Waals surface area contributed by atoms with E-state index in [1.165, 1.54) is 25.7 Å². The molecule has 9 heteroatoms. The Kier molecular flexibility index (Phi) is 21.2. The van der Waals surface area contributed by atoms with Crippen molar-refractivity contribution < 1.29 is 28.7 Å². The summed E-state index contributed by atoms with van der Waals surface area (Å²) in [6.45, 7) is 15.0. The van der Waals surface area contributed by atoms with Crippen LogP contribution >= 0.6 is 0 Å². The van der Waals surface area contributed by atoms with Crippen molar-refractivity contribution in [1.29, 1.82) is 0 Å². The fourth-order valence-electron chi connectivity index (χ4n) is 8.47. The number of carbonyl (C=O) groups excluding carboxylic acids is 5. The molecule has 332 valence electrons. The van der Waals surface area contributed by atoms with Crippen LogP contribution in [0.3, 0.4) is 0 Å². The number of ether oxygens (including phenoxy) is 1. The highest BCUT2D eigenvalue weighted by Crippen LogP contribution is 2.47. The largest absolute Gasteiger partial charge is 0.379 e. The Bertz CT molecular complexity index is 1600. The predicted molar refractivity (Wildman–Crippen MR) is 240 cm³/mol. The van der Waals surface area contributed by atoms with Crippen molar-refractivity contribution in [2.75, 3.05) is 32.8 Å². The van der Waals surface area contributed by atoms with Crippen molar-refractivity contribution in [3.05, 3.63) is 71.8 Å². The zero-order valence-corrected chi connectivity index (χ0v) is 37.7. The molecule has 4 atom stereocenters. The molecule has 2 aliphatic rings. The Labute approximate surface area is 361 Å². The molecule has 1 heterocycles. The minimum atomic E-state index is -0.801. The van der Waals surface area contributed by atoms with Gasteiger partial charge < -0.3 is 15.4 Å². The summed E-state index contributed by atoms with van der Waals surface area (Å²) in [6, 6.07) is 18.2. The fourth-order valence-corrected chi connectivity index (χ4v) is 8.47. The Morgan fingerprint density at radius 2 is 1.20 bits per heavy atom. The highest BCUT2D eigenvalue weighted by atomic mass is 16.5. The van der Waals surface area contributed by atoms with Gasteiger partial charge in [-0.2, -0.15) is 0 Å². The van der Waals surface area contributed by atoms with E-state index < -0.39 is 29.3 Å². The predicted octanol–water partition coefficient (Wildman–Crippen LogP) is 8.90. The number of unbranched alkanes of at least 4 members (excludes halogenated alkanes) is 6. The summed E-state index contributed by atoms with van der Waals surface area (Å²) in [6.07, 6.45) is 12.4. The third kappa shape index (κ3) is 18.1. The zero-order valence-electron chi connectivity index (χ0n) is 37.7. The maximum absolute atomic E-state index is 14.3. The molecule has 60 heavy (non-hydrogen) atoms. The van der Waals surface area contributed by atoms with Gasteiger partial charge in [0.2, 0.25) is 11.8 Å². The molecule has 9 nitrogen and oxygen atoms in total. The summed E-state index contributed by atoms with van der Waals surface area (Å²) in [5.41, 5.74) is 1.63. The number of hydrogen-bond donors (Lipinski definition) is 2. The van der Waals surface area contributed by atoms with Crippen LogP contribution in [-0.2, 0) is 41.6 Å². The second-order valence-corrected chi connectivity index (χ2v) is 19.0. The molecule has 2 aromatic rings. The standard InChI is InChI=1S/C51H77N3O6/c1-38(2)33-45(47(56)37-43(35-41-21-15-12-16-22-41)50(59)53-46(34-39(3)4)48(57)51(5)26-27-51)52-49(58)42(25-24-40-19-13-11-14-20-40)36-44(55)23-17-9-7-6-8-10-18-28-54-29-31-60-32-30-54/h11-16,19-22,38-39,42-43,45-46H,6-10,17-18,23-37H2,1-5H3,(H,52,58)(H,53,59)/t42-,43-,45?,46?/m1/s1. The second-order valence-electron chi connectivity index (χ2n) is 19.0. The van der Waals surface area contributed by atoms with Crippen LogP contribution in [0.5, 0.6) is 0 Å². The summed E-state index contributed by atoms with van der Waals surface area (Å²) in [5, 5.41) is 6.19. The van der Waals surface area contributed by atoms with E-state index in [2.05, 4.69) is 15.5 Å². The molecule has 2 aromatic carbocycles. The minimum Gasteiger partial charge on any atom is -0.379 e. The monoisotopic (exact) mass is 828 g/mol. The normalized spacial score (nSPS) is 17.1.